The molecule has 112 valence electrons. The van der Waals surface area contributed by atoms with Crippen LogP contribution < -0.4 is 5.32 Å². The minimum Gasteiger partial charge on any atom is -0.352 e. The number of carbonyl (C=O) groups excluding carboxylic acids is 1. The molecule has 0 spiro atoms. The third-order valence-electron chi connectivity index (χ3n) is 3.75. The Morgan fingerprint density at radius 1 is 1.50 bits per heavy atom. The second-order valence-electron chi connectivity index (χ2n) is 5.30. The van der Waals surface area contributed by atoms with E-state index in [1.54, 1.807) is 6.92 Å². The van der Waals surface area contributed by atoms with Crippen molar-refractivity contribution in [2.24, 2.45) is 0 Å². The summed E-state index contributed by atoms with van der Waals surface area (Å²) < 4.78 is 3.22. The number of aryl methyl sites for hydroxylation is 2. The molecule has 20 heavy (non-hydrogen) atoms. The summed E-state index contributed by atoms with van der Waals surface area (Å²) in [6, 6.07) is 0.287. The zero-order valence-corrected chi connectivity index (χ0v) is 14.0. The second-order valence-corrected chi connectivity index (χ2v) is 6.09. The Labute approximate surface area is 128 Å². The summed E-state index contributed by atoms with van der Waals surface area (Å²) in [5.74, 6) is 0.0601. The van der Waals surface area contributed by atoms with Crippen LogP contribution in [0.5, 0.6) is 0 Å². The Balaban J connectivity index is 2.04. The van der Waals surface area contributed by atoms with Gasteiger partial charge in [0.1, 0.15) is 0 Å². The van der Waals surface area contributed by atoms with E-state index in [1.165, 1.54) is 5.69 Å². The molecule has 0 aliphatic carbocycles. The molecule has 1 saturated heterocycles. The number of halogens is 1. The summed E-state index contributed by atoms with van der Waals surface area (Å²) in [6.45, 7) is 9.54. The number of aromatic nitrogens is 2. The van der Waals surface area contributed by atoms with Crippen LogP contribution in [0.2, 0.25) is 0 Å². The molecule has 1 fully saturated rings. The maximum Gasteiger partial charge on any atom is 0.217 e. The highest BCUT2D eigenvalue weighted by Gasteiger charge is 2.25. The molecule has 2 heterocycles. The predicted octanol–water partition coefficient (Wildman–Crippen LogP) is 1.94. The van der Waals surface area contributed by atoms with Gasteiger partial charge in [0.2, 0.25) is 5.91 Å². The van der Waals surface area contributed by atoms with E-state index in [2.05, 4.69) is 49.8 Å². The van der Waals surface area contributed by atoms with Crippen molar-refractivity contribution >= 4 is 21.8 Å². The zero-order valence-electron chi connectivity index (χ0n) is 12.4. The highest BCUT2D eigenvalue weighted by atomic mass is 79.9. The van der Waals surface area contributed by atoms with E-state index >= 15 is 0 Å². The first kappa shape index (κ1) is 15.5. The SMILES string of the molecule is CCc1nn(CC)c(CN2CCC(NC(C)=O)C2)c1Br. The quantitative estimate of drug-likeness (QED) is 0.889. The lowest BCUT2D eigenvalue weighted by Gasteiger charge is -2.17. The van der Waals surface area contributed by atoms with E-state index in [1.807, 2.05) is 0 Å². The molecule has 1 unspecified atom stereocenters. The van der Waals surface area contributed by atoms with E-state index in [9.17, 15) is 4.79 Å². The van der Waals surface area contributed by atoms with Gasteiger partial charge in [-0.05, 0) is 35.7 Å². The molecule has 1 aromatic rings. The van der Waals surface area contributed by atoms with Crippen molar-refractivity contribution in [3.63, 3.8) is 0 Å². The molecule has 6 heteroatoms. The maximum absolute atomic E-state index is 11.1. The average molecular weight is 343 g/mol. The summed E-state index contributed by atoms with van der Waals surface area (Å²) in [5, 5.41) is 7.63. The fraction of sp³-hybridized carbons (Fsp3) is 0.714. The number of nitrogens with zero attached hydrogens (tertiary/aromatic N) is 3. The van der Waals surface area contributed by atoms with Crippen molar-refractivity contribution in [1.82, 2.24) is 20.0 Å². The number of amides is 1. The van der Waals surface area contributed by atoms with E-state index in [4.69, 9.17) is 0 Å². The van der Waals surface area contributed by atoms with E-state index in [0.29, 0.717) is 0 Å². The molecule has 2 rings (SSSR count). The van der Waals surface area contributed by atoms with Crippen LogP contribution in [0.3, 0.4) is 0 Å². The number of rotatable bonds is 5. The first-order valence-corrected chi connectivity index (χ1v) is 8.07. The Bertz CT molecular complexity index is 486. The minimum absolute atomic E-state index is 0.0601. The second kappa shape index (κ2) is 6.72. The van der Waals surface area contributed by atoms with Gasteiger partial charge < -0.3 is 5.32 Å². The molecule has 0 bridgehead atoms. The van der Waals surface area contributed by atoms with Gasteiger partial charge in [-0.15, -0.1) is 0 Å². The number of hydrogen-bond acceptors (Lipinski definition) is 3. The summed E-state index contributed by atoms with van der Waals surface area (Å²) in [4.78, 5) is 13.5. The van der Waals surface area contributed by atoms with Crippen molar-refractivity contribution in [2.75, 3.05) is 13.1 Å². The fourth-order valence-electron chi connectivity index (χ4n) is 2.76. The molecule has 1 aliphatic rings. The van der Waals surface area contributed by atoms with Gasteiger partial charge in [-0.2, -0.15) is 5.10 Å². The molecule has 1 aliphatic heterocycles. The van der Waals surface area contributed by atoms with Crippen LogP contribution in [0, 0.1) is 0 Å². The van der Waals surface area contributed by atoms with Crippen molar-refractivity contribution in [2.45, 2.75) is 52.7 Å². The molecular formula is C14H23BrN4O. The third-order valence-corrected chi connectivity index (χ3v) is 4.66. The molecule has 5 nitrogen and oxygen atoms in total. The summed E-state index contributed by atoms with van der Waals surface area (Å²) in [5.41, 5.74) is 2.37. The van der Waals surface area contributed by atoms with Crippen molar-refractivity contribution < 1.29 is 4.79 Å². The highest BCUT2D eigenvalue weighted by Crippen LogP contribution is 2.25. The van der Waals surface area contributed by atoms with Gasteiger partial charge in [0.05, 0.1) is 15.9 Å². The Hall–Kier alpha value is -0.880. The predicted molar refractivity (Wildman–Crippen MR) is 82.5 cm³/mol. The van der Waals surface area contributed by atoms with Crippen LogP contribution in [-0.4, -0.2) is 39.7 Å². The molecule has 0 saturated carbocycles. The van der Waals surface area contributed by atoms with Gasteiger partial charge in [-0.1, -0.05) is 6.92 Å². The molecular weight excluding hydrogens is 320 g/mol. The van der Waals surface area contributed by atoms with Gasteiger partial charge in [0.25, 0.3) is 0 Å². The van der Waals surface area contributed by atoms with Crippen LogP contribution in [-0.2, 0) is 24.3 Å². The first-order chi connectivity index (χ1) is 9.55. The zero-order chi connectivity index (χ0) is 14.7. The van der Waals surface area contributed by atoms with Crippen LogP contribution in [0.4, 0.5) is 0 Å². The van der Waals surface area contributed by atoms with Crippen LogP contribution in [0.1, 0.15) is 38.6 Å². The van der Waals surface area contributed by atoms with Crippen LogP contribution in [0.25, 0.3) is 0 Å². The first-order valence-electron chi connectivity index (χ1n) is 7.28. The van der Waals surface area contributed by atoms with Crippen molar-refractivity contribution in [1.29, 1.82) is 0 Å². The maximum atomic E-state index is 11.1. The van der Waals surface area contributed by atoms with E-state index in [0.717, 1.165) is 49.2 Å². The van der Waals surface area contributed by atoms with Gasteiger partial charge in [-0.3, -0.25) is 14.4 Å². The molecule has 1 aromatic heterocycles. The minimum atomic E-state index is 0.0601. The van der Waals surface area contributed by atoms with Gasteiger partial charge in [0, 0.05) is 39.1 Å². The van der Waals surface area contributed by atoms with Crippen LogP contribution >= 0.6 is 15.9 Å². The average Bonchev–Trinajstić information content (AvgIpc) is 2.95. The van der Waals surface area contributed by atoms with Gasteiger partial charge in [-0.25, -0.2) is 0 Å². The van der Waals surface area contributed by atoms with Gasteiger partial charge >= 0.3 is 0 Å². The van der Waals surface area contributed by atoms with E-state index in [-0.39, 0.29) is 11.9 Å². The smallest absolute Gasteiger partial charge is 0.217 e. The molecule has 1 N–H and O–H groups in total. The van der Waals surface area contributed by atoms with Gasteiger partial charge in [0.15, 0.2) is 0 Å². The lowest BCUT2D eigenvalue weighted by molar-refractivity contribution is -0.119. The topological polar surface area (TPSA) is 50.2 Å². The fourth-order valence-corrected chi connectivity index (χ4v) is 3.45. The lowest BCUT2D eigenvalue weighted by atomic mass is 10.2. The number of nitrogens with one attached hydrogen (secondary N) is 1. The standard InChI is InChI=1S/C14H23BrN4O/c1-4-12-14(15)13(19(5-2)17-12)9-18-7-6-11(8-18)16-10(3)20/h11H,4-9H2,1-3H3,(H,16,20). The monoisotopic (exact) mass is 342 g/mol. The van der Waals surface area contributed by atoms with Crippen molar-refractivity contribution in [3.8, 4) is 0 Å². The Morgan fingerprint density at radius 3 is 2.85 bits per heavy atom. The largest absolute Gasteiger partial charge is 0.352 e. The molecule has 0 aromatic carbocycles. The summed E-state index contributed by atoms with van der Waals surface area (Å²) in [7, 11) is 0. The van der Waals surface area contributed by atoms with Crippen LogP contribution in [0.15, 0.2) is 4.47 Å². The Kier molecular flexibility index (Phi) is 5.21. The third kappa shape index (κ3) is 3.41. The molecule has 1 amide bonds. The Morgan fingerprint density at radius 2 is 2.25 bits per heavy atom. The molecule has 1 atom stereocenters. The summed E-state index contributed by atoms with van der Waals surface area (Å²) >= 11 is 3.69. The highest BCUT2D eigenvalue weighted by molar-refractivity contribution is 9.10. The van der Waals surface area contributed by atoms with E-state index < -0.39 is 0 Å². The summed E-state index contributed by atoms with van der Waals surface area (Å²) in [6.07, 6.45) is 1.97. The normalized spacial score (nSPS) is 19.5. The number of hydrogen-bond donors (Lipinski definition) is 1. The lowest BCUT2D eigenvalue weighted by Crippen LogP contribution is -2.35. The van der Waals surface area contributed by atoms with Crippen molar-refractivity contribution in [3.05, 3.63) is 15.9 Å². The number of carbonyl (C=O) groups is 1. The number of likely N-dealkylation sites (tertiary alicyclic amines) is 1. The molecule has 0 radical (unpaired) electrons.